The fourth-order valence-electron chi connectivity index (χ4n) is 2.91. The van der Waals surface area contributed by atoms with Gasteiger partial charge in [-0.15, -0.1) is 11.3 Å². The van der Waals surface area contributed by atoms with E-state index in [0.717, 1.165) is 21.7 Å². The van der Waals surface area contributed by atoms with Crippen molar-refractivity contribution in [2.45, 2.75) is 38.0 Å². The molecule has 0 saturated carbocycles. The van der Waals surface area contributed by atoms with Crippen molar-refractivity contribution in [1.82, 2.24) is 14.9 Å². The van der Waals surface area contributed by atoms with E-state index in [1.165, 1.54) is 6.07 Å². The van der Waals surface area contributed by atoms with Crippen LogP contribution in [0.3, 0.4) is 0 Å². The number of aromatic nitrogens is 2. The lowest BCUT2D eigenvalue weighted by molar-refractivity contribution is 0.445. The molecule has 0 bridgehead atoms. The van der Waals surface area contributed by atoms with Crippen LogP contribution in [0.2, 0.25) is 0 Å². The van der Waals surface area contributed by atoms with Gasteiger partial charge in [-0.1, -0.05) is 12.1 Å². The normalized spacial score (nSPS) is 14.5. The molecule has 1 aromatic carbocycles. The van der Waals surface area contributed by atoms with Crippen LogP contribution in [0.15, 0.2) is 46.6 Å². The molecule has 0 aliphatic heterocycles. The lowest BCUT2D eigenvalue weighted by Gasteiger charge is -2.29. The monoisotopic (exact) mass is 414 g/mol. The van der Waals surface area contributed by atoms with Gasteiger partial charge in [0.05, 0.1) is 28.2 Å². The summed E-state index contributed by atoms with van der Waals surface area (Å²) < 4.78 is 15.8. The molecule has 0 spiro atoms. The fourth-order valence-corrected chi connectivity index (χ4v) is 4.87. The average molecular weight is 415 g/mol. The zero-order valence-electron chi connectivity index (χ0n) is 15.9. The maximum absolute atomic E-state index is 12.6. The molecule has 1 unspecified atom stereocenters. The van der Waals surface area contributed by atoms with Crippen LogP contribution in [0, 0.1) is 11.3 Å². The Balaban J connectivity index is 1.98. The van der Waals surface area contributed by atoms with E-state index < -0.39 is 16.5 Å². The van der Waals surface area contributed by atoms with Crippen LogP contribution in [0.1, 0.15) is 36.9 Å². The molecule has 8 heteroatoms. The van der Waals surface area contributed by atoms with Crippen molar-refractivity contribution in [3.63, 3.8) is 0 Å². The lowest BCUT2D eigenvalue weighted by atomic mass is 9.94. The van der Waals surface area contributed by atoms with Gasteiger partial charge in [0.2, 0.25) is 0 Å². The van der Waals surface area contributed by atoms with Gasteiger partial charge in [0.25, 0.3) is 5.56 Å². The third-order valence-electron chi connectivity index (χ3n) is 4.42. The van der Waals surface area contributed by atoms with Crippen LogP contribution in [-0.2, 0) is 22.9 Å². The van der Waals surface area contributed by atoms with Crippen LogP contribution in [0.25, 0.3) is 11.1 Å². The summed E-state index contributed by atoms with van der Waals surface area (Å²) >= 11 is 1.56. The first-order valence-electron chi connectivity index (χ1n) is 8.85. The Morgan fingerprint density at radius 3 is 2.68 bits per heavy atom. The second kappa shape index (κ2) is 8.27. The highest BCUT2D eigenvalue weighted by Crippen LogP contribution is 2.35. The molecule has 3 rings (SSSR count). The van der Waals surface area contributed by atoms with Gasteiger partial charge in [-0.05, 0) is 55.5 Å². The van der Waals surface area contributed by atoms with Gasteiger partial charge < -0.3 is 5.10 Å². The number of rotatable bonds is 7. The number of thiophene rings is 1. The Bertz CT molecular complexity index is 1090. The molecule has 2 aromatic heterocycles. The summed E-state index contributed by atoms with van der Waals surface area (Å²) in [5, 5.41) is 16.6. The fraction of sp³-hybridized carbons (Fsp3) is 0.300. The molecule has 2 heterocycles. The third kappa shape index (κ3) is 4.50. The molecule has 28 heavy (non-hydrogen) atoms. The maximum atomic E-state index is 12.6. The SMILES string of the molecule is CC(C)S(=O)N[C@@](C)(Cc1cc(=O)[nH][nH]1)c1cc(-c2cccc(C#N)c2)cs1. The van der Waals surface area contributed by atoms with Gasteiger partial charge in [-0.3, -0.25) is 9.89 Å². The van der Waals surface area contributed by atoms with Crippen LogP contribution in [0.4, 0.5) is 0 Å². The summed E-state index contributed by atoms with van der Waals surface area (Å²) in [4.78, 5) is 12.5. The minimum atomic E-state index is -1.24. The van der Waals surface area contributed by atoms with Crippen molar-refractivity contribution in [2.75, 3.05) is 0 Å². The summed E-state index contributed by atoms with van der Waals surface area (Å²) in [7, 11) is -1.24. The van der Waals surface area contributed by atoms with E-state index >= 15 is 0 Å². The Kier molecular flexibility index (Phi) is 5.98. The van der Waals surface area contributed by atoms with E-state index in [1.54, 1.807) is 17.4 Å². The summed E-state index contributed by atoms with van der Waals surface area (Å²) in [6, 6.07) is 13.2. The smallest absolute Gasteiger partial charge is 0.264 e. The van der Waals surface area contributed by atoms with E-state index in [-0.39, 0.29) is 10.8 Å². The molecule has 146 valence electrons. The Hall–Kier alpha value is -2.47. The van der Waals surface area contributed by atoms with Gasteiger partial charge in [0, 0.05) is 28.3 Å². The molecule has 0 fully saturated rings. The van der Waals surface area contributed by atoms with Crippen molar-refractivity contribution >= 4 is 22.3 Å². The van der Waals surface area contributed by atoms with Crippen LogP contribution in [0.5, 0.6) is 0 Å². The molecule has 0 amide bonds. The highest BCUT2D eigenvalue weighted by atomic mass is 32.2. The second-order valence-electron chi connectivity index (χ2n) is 7.13. The highest BCUT2D eigenvalue weighted by molar-refractivity contribution is 7.83. The number of hydrogen-bond donors (Lipinski definition) is 3. The average Bonchev–Trinajstić information content (AvgIpc) is 3.31. The van der Waals surface area contributed by atoms with E-state index in [2.05, 4.69) is 27.1 Å². The predicted octanol–water partition coefficient (Wildman–Crippen LogP) is 3.42. The number of hydrogen-bond acceptors (Lipinski definition) is 4. The minimum absolute atomic E-state index is 0.0451. The molecule has 0 saturated heterocycles. The van der Waals surface area contributed by atoms with E-state index in [1.807, 2.05) is 44.4 Å². The Morgan fingerprint density at radius 1 is 1.25 bits per heavy atom. The van der Waals surface area contributed by atoms with Crippen LogP contribution < -0.4 is 10.3 Å². The molecule has 0 aliphatic rings. The molecule has 0 radical (unpaired) electrons. The number of H-pyrrole nitrogens is 2. The third-order valence-corrected chi connectivity index (χ3v) is 7.12. The van der Waals surface area contributed by atoms with Gasteiger partial charge >= 0.3 is 0 Å². The number of nitriles is 1. The lowest BCUT2D eigenvalue weighted by Crippen LogP contribution is -2.44. The summed E-state index contributed by atoms with van der Waals surface area (Å²) in [6.07, 6.45) is 0.475. The molecule has 3 aromatic rings. The Morgan fingerprint density at radius 2 is 2.04 bits per heavy atom. The standard InChI is InChI=1S/C20H22N4O2S2/c1-13(2)28(26)24-20(3,10-17-9-19(25)23-22-17)18-8-16(12-27-18)15-6-4-5-14(7-15)11-21/h4-9,12-13,24H,10H2,1-3H3,(H2,22,23,25)/t20-,28?/m0/s1. The van der Waals surface area contributed by atoms with E-state index in [4.69, 9.17) is 5.26 Å². The first-order chi connectivity index (χ1) is 13.3. The largest absolute Gasteiger partial charge is 0.302 e. The summed E-state index contributed by atoms with van der Waals surface area (Å²) in [5.41, 5.74) is 2.49. The number of benzene rings is 1. The summed E-state index contributed by atoms with van der Waals surface area (Å²) in [6.45, 7) is 5.78. The first kappa shape index (κ1) is 20.3. The Labute approximate surface area is 170 Å². The zero-order chi connectivity index (χ0) is 20.3. The quantitative estimate of drug-likeness (QED) is 0.552. The van der Waals surface area contributed by atoms with Gasteiger partial charge in [0.15, 0.2) is 0 Å². The molecule has 2 atom stereocenters. The molecule has 0 aliphatic carbocycles. The van der Waals surface area contributed by atoms with Crippen molar-refractivity contribution in [3.05, 3.63) is 68.3 Å². The van der Waals surface area contributed by atoms with Gasteiger partial charge in [-0.2, -0.15) is 5.26 Å². The topological polar surface area (TPSA) is 102 Å². The second-order valence-corrected chi connectivity index (χ2v) is 9.79. The van der Waals surface area contributed by atoms with Crippen molar-refractivity contribution in [3.8, 4) is 17.2 Å². The van der Waals surface area contributed by atoms with Crippen LogP contribution in [-0.4, -0.2) is 19.7 Å². The first-order valence-corrected chi connectivity index (χ1v) is 10.9. The van der Waals surface area contributed by atoms with Crippen LogP contribution >= 0.6 is 11.3 Å². The van der Waals surface area contributed by atoms with E-state index in [0.29, 0.717) is 12.0 Å². The maximum Gasteiger partial charge on any atom is 0.264 e. The summed E-state index contributed by atoms with van der Waals surface area (Å²) in [5.74, 6) is 0. The molecule has 3 N–H and O–H groups in total. The minimum Gasteiger partial charge on any atom is -0.302 e. The number of nitrogens with zero attached hydrogens (tertiary/aromatic N) is 1. The van der Waals surface area contributed by atoms with Crippen molar-refractivity contribution < 1.29 is 4.21 Å². The molecular weight excluding hydrogens is 392 g/mol. The number of nitrogens with one attached hydrogen (secondary N) is 3. The molecule has 6 nitrogen and oxygen atoms in total. The van der Waals surface area contributed by atoms with Gasteiger partial charge in [-0.25, -0.2) is 8.93 Å². The molecular formula is C20H22N4O2S2. The zero-order valence-corrected chi connectivity index (χ0v) is 17.5. The predicted molar refractivity (Wildman–Crippen MR) is 113 cm³/mol. The van der Waals surface area contributed by atoms with Gasteiger partial charge in [0.1, 0.15) is 0 Å². The number of aromatic amines is 2. The van der Waals surface area contributed by atoms with Crippen molar-refractivity contribution in [2.24, 2.45) is 0 Å². The van der Waals surface area contributed by atoms with E-state index in [9.17, 15) is 9.00 Å². The van der Waals surface area contributed by atoms with Crippen molar-refractivity contribution in [1.29, 1.82) is 5.26 Å². The highest BCUT2D eigenvalue weighted by Gasteiger charge is 2.32.